The second-order valence-electron chi connectivity index (χ2n) is 6.22. The smallest absolute Gasteiger partial charge is 0.119 e. The Morgan fingerprint density at radius 3 is 2.68 bits per heavy atom. The lowest BCUT2D eigenvalue weighted by atomic mass is 10.1. The van der Waals surface area contributed by atoms with Gasteiger partial charge in [-0.15, -0.1) is 0 Å². The second kappa shape index (κ2) is 8.70. The zero-order valence-electron chi connectivity index (χ0n) is 15.0. The van der Waals surface area contributed by atoms with Gasteiger partial charge in [-0.25, -0.2) is 0 Å². The summed E-state index contributed by atoms with van der Waals surface area (Å²) in [6.45, 7) is 5.17. The summed E-state index contributed by atoms with van der Waals surface area (Å²) in [6, 6.07) is 14.6. The molecule has 0 saturated carbocycles. The molecule has 4 heteroatoms. The number of hydrogen-bond donors (Lipinski definition) is 2. The third kappa shape index (κ3) is 4.62. The summed E-state index contributed by atoms with van der Waals surface area (Å²) in [5.74, 6) is 0.884. The predicted octanol–water partition coefficient (Wildman–Crippen LogP) is 3.83. The Kier molecular flexibility index (Phi) is 6.09. The molecule has 0 atom stereocenters. The van der Waals surface area contributed by atoms with Crippen LogP contribution in [0.3, 0.4) is 0 Å². The number of nitrogens with one attached hydrogen (secondary N) is 2. The van der Waals surface area contributed by atoms with Gasteiger partial charge in [0.05, 0.1) is 6.61 Å². The van der Waals surface area contributed by atoms with Crippen molar-refractivity contribution in [3.8, 4) is 5.75 Å². The van der Waals surface area contributed by atoms with E-state index in [1.54, 1.807) is 7.11 Å². The topological polar surface area (TPSA) is 46.3 Å². The van der Waals surface area contributed by atoms with E-state index in [1.165, 1.54) is 27.6 Å². The lowest BCUT2D eigenvalue weighted by Crippen LogP contribution is -2.16. The van der Waals surface area contributed by atoms with E-state index in [1.807, 2.05) is 12.1 Å². The molecule has 0 aliphatic rings. The van der Waals surface area contributed by atoms with Crippen molar-refractivity contribution in [3.05, 3.63) is 65.4 Å². The van der Waals surface area contributed by atoms with Crippen molar-refractivity contribution < 1.29 is 9.47 Å². The molecule has 0 spiro atoms. The third-order valence-corrected chi connectivity index (χ3v) is 4.38. The average molecular weight is 338 g/mol. The zero-order chi connectivity index (χ0) is 17.5. The minimum atomic E-state index is 0.581. The van der Waals surface area contributed by atoms with Crippen LogP contribution in [0.2, 0.25) is 0 Å². The van der Waals surface area contributed by atoms with Gasteiger partial charge in [-0.1, -0.05) is 24.3 Å². The molecule has 0 aliphatic heterocycles. The van der Waals surface area contributed by atoms with Crippen LogP contribution in [0.4, 0.5) is 0 Å². The number of ether oxygens (including phenoxy) is 2. The van der Waals surface area contributed by atoms with E-state index in [0.717, 1.165) is 25.3 Å². The first-order valence-corrected chi connectivity index (χ1v) is 8.75. The molecule has 2 N–H and O–H groups in total. The highest BCUT2D eigenvalue weighted by Gasteiger charge is 2.05. The average Bonchev–Trinajstić information content (AvgIpc) is 3.05. The molecule has 2 aromatic carbocycles. The fourth-order valence-corrected chi connectivity index (χ4v) is 3.05. The van der Waals surface area contributed by atoms with Gasteiger partial charge in [-0.3, -0.25) is 0 Å². The Bertz CT molecular complexity index is 793. The van der Waals surface area contributed by atoms with Crippen LogP contribution in [0, 0.1) is 6.92 Å². The Morgan fingerprint density at radius 1 is 1.04 bits per heavy atom. The maximum absolute atomic E-state index is 5.58. The van der Waals surface area contributed by atoms with Gasteiger partial charge in [0.2, 0.25) is 0 Å². The summed E-state index contributed by atoms with van der Waals surface area (Å²) in [7, 11) is 1.68. The summed E-state index contributed by atoms with van der Waals surface area (Å²) in [5.41, 5.74) is 5.19. The van der Waals surface area contributed by atoms with E-state index >= 15 is 0 Å². The molecule has 25 heavy (non-hydrogen) atoms. The molecule has 0 radical (unpaired) electrons. The monoisotopic (exact) mass is 338 g/mol. The van der Waals surface area contributed by atoms with E-state index in [4.69, 9.17) is 9.47 Å². The molecule has 0 saturated heterocycles. The number of methoxy groups -OCH3 is 1. The highest BCUT2D eigenvalue weighted by molar-refractivity contribution is 5.86. The van der Waals surface area contributed by atoms with Gasteiger partial charge in [0.15, 0.2) is 0 Å². The minimum absolute atomic E-state index is 0.581. The first-order valence-electron chi connectivity index (χ1n) is 8.75. The number of aromatic amines is 1. The molecule has 3 rings (SSSR count). The highest BCUT2D eigenvalue weighted by Crippen LogP contribution is 2.22. The Hall–Kier alpha value is -2.30. The third-order valence-electron chi connectivity index (χ3n) is 4.38. The van der Waals surface area contributed by atoms with Gasteiger partial charge in [-0.2, -0.15) is 0 Å². The van der Waals surface area contributed by atoms with Crippen LogP contribution in [0.15, 0.2) is 48.7 Å². The molecular formula is C21H26N2O2. The normalized spacial score (nSPS) is 11.1. The minimum Gasteiger partial charge on any atom is -0.491 e. The molecule has 1 heterocycles. The maximum Gasteiger partial charge on any atom is 0.119 e. The zero-order valence-corrected chi connectivity index (χ0v) is 15.0. The van der Waals surface area contributed by atoms with Crippen molar-refractivity contribution in [2.24, 2.45) is 0 Å². The van der Waals surface area contributed by atoms with Gasteiger partial charge in [0, 0.05) is 30.8 Å². The fraction of sp³-hybridized carbons (Fsp3) is 0.333. The lowest BCUT2D eigenvalue weighted by molar-refractivity contribution is 0.146. The van der Waals surface area contributed by atoms with Crippen molar-refractivity contribution in [1.29, 1.82) is 0 Å². The summed E-state index contributed by atoms with van der Waals surface area (Å²) in [4.78, 5) is 3.36. The van der Waals surface area contributed by atoms with Crippen LogP contribution in [-0.2, 0) is 17.7 Å². The molecule has 4 nitrogen and oxygen atoms in total. The van der Waals surface area contributed by atoms with Crippen molar-refractivity contribution in [2.45, 2.75) is 19.9 Å². The molecule has 0 amide bonds. The van der Waals surface area contributed by atoms with Crippen LogP contribution >= 0.6 is 0 Å². The Balaban J connectivity index is 1.46. The number of hydrogen-bond acceptors (Lipinski definition) is 3. The van der Waals surface area contributed by atoms with Gasteiger partial charge >= 0.3 is 0 Å². The van der Waals surface area contributed by atoms with Gasteiger partial charge in [0.25, 0.3) is 0 Å². The maximum atomic E-state index is 5.58. The number of benzene rings is 2. The molecule has 132 valence electrons. The van der Waals surface area contributed by atoms with E-state index in [9.17, 15) is 0 Å². The molecule has 3 aromatic rings. The van der Waals surface area contributed by atoms with Crippen LogP contribution in [0.25, 0.3) is 10.9 Å². The number of aryl methyl sites for hydroxylation is 1. The van der Waals surface area contributed by atoms with Gasteiger partial charge in [-0.05, 0) is 54.8 Å². The lowest BCUT2D eigenvalue weighted by Gasteiger charge is -2.08. The van der Waals surface area contributed by atoms with Gasteiger partial charge < -0.3 is 19.8 Å². The largest absolute Gasteiger partial charge is 0.491 e. The van der Waals surface area contributed by atoms with Crippen LogP contribution in [0.5, 0.6) is 5.75 Å². The summed E-state index contributed by atoms with van der Waals surface area (Å²) in [5, 5.41) is 4.88. The molecule has 1 aromatic heterocycles. The van der Waals surface area contributed by atoms with E-state index in [2.05, 4.69) is 53.8 Å². The van der Waals surface area contributed by atoms with E-state index in [-0.39, 0.29) is 0 Å². The molecule has 0 fully saturated rings. The molecular weight excluding hydrogens is 312 g/mol. The van der Waals surface area contributed by atoms with Gasteiger partial charge in [0.1, 0.15) is 12.4 Å². The summed E-state index contributed by atoms with van der Waals surface area (Å²) in [6.07, 6.45) is 3.15. The quantitative estimate of drug-likeness (QED) is 0.583. The summed E-state index contributed by atoms with van der Waals surface area (Å²) < 4.78 is 10.6. The summed E-state index contributed by atoms with van der Waals surface area (Å²) >= 11 is 0. The highest BCUT2D eigenvalue weighted by atomic mass is 16.5. The first-order chi connectivity index (χ1) is 12.3. The van der Waals surface area contributed by atoms with E-state index < -0.39 is 0 Å². The van der Waals surface area contributed by atoms with Crippen LogP contribution < -0.4 is 10.1 Å². The van der Waals surface area contributed by atoms with Crippen molar-refractivity contribution in [1.82, 2.24) is 10.3 Å². The van der Waals surface area contributed by atoms with E-state index in [0.29, 0.717) is 13.2 Å². The van der Waals surface area contributed by atoms with Crippen LogP contribution in [0.1, 0.15) is 16.7 Å². The SMILES string of the molecule is COCCOc1ccc(CNCCc2c[nH]c3cccc(C)c23)cc1. The van der Waals surface area contributed by atoms with Crippen molar-refractivity contribution in [3.63, 3.8) is 0 Å². The van der Waals surface area contributed by atoms with Crippen LogP contribution in [-0.4, -0.2) is 31.9 Å². The molecule has 0 bridgehead atoms. The number of H-pyrrole nitrogens is 1. The molecule has 0 aliphatic carbocycles. The second-order valence-corrected chi connectivity index (χ2v) is 6.22. The Morgan fingerprint density at radius 2 is 1.88 bits per heavy atom. The van der Waals surface area contributed by atoms with Crippen molar-refractivity contribution in [2.75, 3.05) is 26.9 Å². The fourth-order valence-electron chi connectivity index (χ4n) is 3.05. The number of aromatic nitrogens is 1. The number of fused-ring (bicyclic) bond motifs is 1. The molecule has 0 unspecified atom stereocenters. The number of rotatable bonds is 9. The van der Waals surface area contributed by atoms with Crippen molar-refractivity contribution >= 4 is 10.9 Å². The predicted molar refractivity (Wildman–Crippen MR) is 102 cm³/mol. The Labute approximate surface area is 149 Å². The standard InChI is InChI=1S/C21H26N2O2/c1-16-4-3-5-20-21(16)18(15-23-20)10-11-22-14-17-6-8-19(9-7-17)25-13-12-24-2/h3-9,15,22-23H,10-14H2,1-2H3. The first kappa shape index (κ1) is 17.5.